The minimum absolute atomic E-state index is 0.00176. The number of rotatable bonds is 7. The Kier molecular flexibility index (Phi) is 14.1. The van der Waals surface area contributed by atoms with Crippen molar-refractivity contribution in [2.24, 2.45) is 28.5 Å². The second-order valence-electron chi connectivity index (χ2n) is 15.2. The van der Waals surface area contributed by atoms with Crippen LogP contribution in [0.3, 0.4) is 0 Å². The molecule has 10 nitrogen and oxygen atoms in total. The third kappa shape index (κ3) is 10.3. The van der Waals surface area contributed by atoms with Crippen LogP contribution in [0.4, 0.5) is 0 Å². The molecule has 2 aromatic carbocycles. The zero-order valence-corrected chi connectivity index (χ0v) is 33.0. The number of nitrogens with one attached hydrogen (secondary N) is 2. The molecule has 2 aromatic rings. The SMILES string of the molecule is COc1c(O)ccc2c1C#CCc1cc(c3c(c1OCNC1CCCC1)OCC(C1CN=C(N)NC(C(C)C)CSSC1)C3)CCC(O)CC(=O)CC2. The molecule has 53 heavy (non-hydrogen) atoms. The monoisotopic (exact) mass is 764 g/mol. The smallest absolute Gasteiger partial charge is 0.188 e. The summed E-state index contributed by atoms with van der Waals surface area (Å²) in [5.41, 5.74) is 10.9. The molecule has 4 unspecified atom stereocenters. The summed E-state index contributed by atoms with van der Waals surface area (Å²) in [5, 5.41) is 28.7. The van der Waals surface area contributed by atoms with Crippen molar-refractivity contribution in [1.29, 1.82) is 0 Å². The maximum atomic E-state index is 13.1. The van der Waals surface area contributed by atoms with Gasteiger partial charge in [-0.25, -0.2) is 0 Å². The molecule has 6 rings (SSSR count). The molecule has 288 valence electrons. The van der Waals surface area contributed by atoms with Crippen LogP contribution in [-0.4, -0.2) is 78.6 Å². The molecule has 2 bridgehead atoms. The summed E-state index contributed by atoms with van der Waals surface area (Å²) in [6.45, 7) is 5.91. The molecular formula is C41H56N4O6S2. The van der Waals surface area contributed by atoms with E-state index < -0.39 is 6.10 Å². The number of carbonyl (C=O) groups is 1. The molecule has 6 N–H and O–H groups in total. The molecule has 12 heteroatoms. The summed E-state index contributed by atoms with van der Waals surface area (Å²) in [6.07, 6.45) is 6.98. The van der Waals surface area contributed by atoms with Crippen LogP contribution in [0.1, 0.15) is 86.6 Å². The molecule has 1 saturated carbocycles. The summed E-state index contributed by atoms with van der Waals surface area (Å²) < 4.78 is 18.9. The van der Waals surface area contributed by atoms with Crippen molar-refractivity contribution in [1.82, 2.24) is 10.6 Å². The van der Waals surface area contributed by atoms with Crippen molar-refractivity contribution in [2.75, 3.05) is 38.5 Å². The predicted octanol–water partition coefficient (Wildman–Crippen LogP) is 5.55. The number of hydrogen-bond acceptors (Lipinski definition) is 12. The Morgan fingerprint density at radius 1 is 1.06 bits per heavy atom. The first-order chi connectivity index (χ1) is 25.7. The second-order valence-corrected chi connectivity index (χ2v) is 17.7. The zero-order chi connectivity index (χ0) is 37.3. The average molecular weight is 765 g/mol. The maximum absolute atomic E-state index is 13.1. The topological polar surface area (TPSA) is 148 Å². The fraction of sp³-hybridized carbons (Fsp3) is 0.610. The van der Waals surface area contributed by atoms with Gasteiger partial charge < -0.3 is 35.5 Å². The number of fused-ring (bicyclic) bond motifs is 5. The number of aromatic hydroxyl groups is 1. The number of methoxy groups -OCH3 is 1. The Bertz CT molecular complexity index is 1680. The quantitative estimate of drug-likeness (QED) is 0.137. The number of aliphatic imine (C=N–C) groups is 1. The van der Waals surface area contributed by atoms with E-state index in [0.717, 1.165) is 58.8 Å². The van der Waals surface area contributed by atoms with Crippen molar-refractivity contribution in [3.05, 3.63) is 46.0 Å². The molecule has 0 saturated heterocycles. The van der Waals surface area contributed by atoms with Gasteiger partial charge in [-0.3, -0.25) is 15.1 Å². The van der Waals surface area contributed by atoms with Gasteiger partial charge in [0.2, 0.25) is 0 Å². The van der Waals surface area contributed by atoms with Crippen molar-refractivity contribution in [3.63, 3.8) is 0 Å². The fourth-order valence-corrected chi connectivity index (χ4v) is 10.7. The van der Waals surface area contributed by atoms with Crippen molar-refractivity contribution >= 4 is 33.3 Å². The van der Waals surface area contributed by atoms with E-state index in [0.29, 0.717) is 80.5 Å². The zero-order valence-electron chi connectivity index (χ0n) is 31.4. The van der Waals surface area contributed by atoms with Crippen LogP contribution in [0.2, 0.25) is 0 Å². The van der Waals surface area contributed by atoms with Gasteiger partial charge in [0.15, 0.2) is 29.0 Å². The number of carbonyl (C=O) groups excluding carboxylic acids is 1. The summed E-state index contributed by atoms with van der Waals surface area (Å²) in [4.78, 5) is 17.9. The number of nitrogens with zero attached hydrogens (tertiary/aromatic N) is 1. The highest BCUT2D eigenvalue weighted by molar-refractivity contribution is 8.76. The average Bonchev–Trinajstić information content (AvgIpc) is 3.66. The molecule has 2 heterocycles. The van der Waals surface area contributed by atoms with Gasteiger partial charge in [0.1, 0.15) is 12.5 Å². The number of Topliss-reactive ketones (excluding diaryl/α,β-unsaturated/α-hetero) is 1. The number of phenolic OH excluding ortho intramolecular Hbond substituents is 1. The summed E-state index contributed by atoms with van der Waals surface area (Å²) in [5.74, 6) is 11.7. The van der Waals surface area contributed by atoms with E-state index in [1.807, 2.05) is 21.6 Å². The van der Waals surface area contributed by atoms with Gasteiger partial charge in [0.05, 0.1) is 25.4 Å². The summed E-state index contributed by atoms with van der Waals surface area (Å²) in [7, 11) is 5.30. The van der Waals surface area contributed by atoms with Crippen molar-refractivity contribution in [2.45, 2.75) is 103 Å². The number of aliphatic hydroxyl groups is 1. The Labute approximate surface area is 322 Å². The number of aliphatic hydroxyl groups excluding tert-OH is 1. The lowest BCUT2D eigenvalue weighted by Gasteiger charge is -2.34. The van der Waals surface area contributed by atoms with Crippen LogP contribution in [0.15, 0.2) is 23.2 Å². The number of phenols is 1. The van der Waals surface area contributed by atoms with Crippen LogP contribution >= 0.6 is 21.6 Å². The maximum Gasteiger partial charge on any atom is 0.188 e. The molecule has 2 aliphatic carbocycles. The number of guanidine groups is 1. The Morgan fingerprint density at radius 3 is 2.66 bits per heavy atom. The lowest BCUT2D eigenvalue weighted by atomic mass is 9.82. The van der Waals surface area contributed by atoms with Crippen LogP contribution in [0.5, 0.6) is 23.0 Å². The van der Waals surface area contributed by atoms with Crippen LogP contribution in [0.25, 0.3) is 0 Å². The fourth-order valence-electron chi connectivity index (χ4n) is 7.76. The van der Waals surface area contributed by atoms with Crippen LogP contribution < -0.4 is 30.6 Å². The van der Waals surface area contributed by atoms with Crippen molar-refractivity contribution < 1.29 is 29.2 Å². The number of aryl methyl sites for hydroxylation is 2. The predicted molar refractivity (Wildman–Crippen MR) is 214 cm³/mol. The van der Waals surface area contributed by atoms with E-state index >= 15 is 0 Å². The van der Waals surface area contributed by atoms with Crippen molar-refractivity contribution in [3.8, 4) is 34.8 Å². The van der Waals surface area contributed by atoms with Gasteiger partial charge in [0, 0.05) is 66.4 Å². The molecule has 0 aromatic heterocycles. The number of ether oxygens (including phenoxy) is 3. The van der Waals surface area contributed by atoms with E-state index in [4.69, 9.17) is 24.9 Å². The lowest BCUT2D eigenvalue weighted by Crippen LogP contribution is -2.45. The van der Waals surface area contributed by atoms with E-state index in [1.54, 1.807) is 12.1 Å². The van der Waals surface area contributed by atoms with E-state index in [2.05, 4.69) is 42.4 Å². The highest BCUT2D eigenvalue weighted by Gasteiger charge is 2.33. The third-order valence-electron chi connectivity index (χ3n) is 11.1. The third-order valence-corrected chi connectivity index (χ3v) is 13.6. The first kappa shape index (κ1) is 39.5. The first-order valence-corrected chi connectivity index (χ1v) is 21.7. The number of nitrogens with two attached hydrogens (primary N) is 1. The minimum Gasteiger partial charge on any atom is -0.504 e. The Morgan fingerprint density at radius 2 is 1.87 bits per heavy atom. The molecule has 0 radical (unpaired) electrons. The van der Waals surface area contributed by atoms with Gasteiger partial charge >= 0.3 is 0 Å². The van der Waals surface area contributed by atoms with Crippen LogP contribution in [0, 0.1) is 29.6 Å². The van der Waals surface area contributed by atoms with E-state index in [1.165, 1.54) is 20.0 Å². The van der Waals surface area contributed by atoms with Gasteiger partial charge in [0.25, 0.3) is 0 Å². The first-order valence-electron chi connectivity index (χ1n) is 19.2. The van der Waals surface area contributed by atoms with Gasteiger partial charge in [-0.2, -0.15) is 0 Å². The second kappa shape index (κ2) is 18.9. The lowest BCUT2D eigenvalue weighted by molar-refractivity contribution is -0.121. The number of benzene rings is 2. The molecule has 2 aliphatic heterocycles. The number of ketones is 1. The van der Waals surface area contributed by atoms with Gasteiger partial charge in [-0.15, -0.1) is 0 Å². The standard InChI is InChI=1S/C41H56N4O6S2/c1-25(2)36-23-53-52-22-30(20-43-41(42)45-36)29-18-35-27-12-15-33(47)19-32(46)14-11-26-13-16-37(48)39(49-3)34(26)10-6-7-28(17-27)38(40(35)50-21-29)51-24-44-31-8-4-5-9-31/h13,16-17,25,29-31,33,36,44,47-48H,4-5,7-9,11-12,14-15,18-24H2,1-3H3,(H3,42,43,45). The highest BCUT2D eigenvalue weighted by Crippen LogP contribution is 2.45. The number of hydrogen-bond donors (Lipinski definition) is 5. The molecule has 4 atom stereocenters. The van der Waals surface area contributed by atoms with E-state index in [9.17, 15) is 15.0 Å². The Balaban J connectivity index is 1.36. The van der Waals surface area contributed by atoms with Crippen LogP contribution in [-0.2, 0) is 30.5 Å². The largest absolute Gasteiger partial charge is 0.504 e. The summed E-state index contributed by atoms with van der Waals surface area (Å²) in [6, 6.07) is 6.25. The molecular weight excluding hydrogens is 709 g/mol. The Hall–Kier alpha value is -3.24. The molecule has 0 spiro atoms. The molecule has 0 amide bonds. The van der Waals surface area contributed by atoms with Gasteiger partial charge in [-0.05, 0) is 67.6 Å². The normalized spacial score (nSPS) is 24.5. The molecule has 4 aliphatic rings. The highest BCUT2D eigenvalue weighted by atomic mass is 33.1. The summed E-state index contributed by atoms with van der Waals surface area (Å²) >= 11 is 0. The minimum atomic E-state index is -0.769. The van der Waals surface area contributed by atoms with E-state index in [-0.39, 0.29) is 42.3 Å². The molecule has 1 fully saturated rings. The van der Waals surface area contributed by atoms with Gasteiger partial charge in [-0.1, -0.05) is 72.3 Å².